The van der Waals surface area contributed by atoms with Crippen molar-refractivity contribution in [1.29, 1.82) is 0 Å². The van der Waals surface area contributed by atoms with E-state index in [2.05, 4.69) is 4.99 Å². The fraction of sp³-hybridized carbons (Fsp3) is 0.364. The van der Waals surface area contributed by atoms with E-state index in [0.29, 0.717) is 23.1 Å². The summed E-state index contributed by atoms with van der Waals surface area (Å²) in [5.74, 6) is 1.07. The highest BCUT2D eigenvalue weighted by atomic mass is 35.5. The SMILES string of the molecule is COc1ccc(C2COC(N)=N2)c(Cl)c1OC. The summed E-state index contributed by atoms with van der Waals surface area (Å²) in [4.78, 5) is 4.14. The number of ether oxygens (including phenoxy) is 3. The first-order valence-electron chi connectivity index (χ1n) is 5.03. The Kier molecular flexibility index (Phi) is 3.28. The summed E-state index contributed by atoms with van der Waals surface area (Å²) < 4.78 is 15.5. The summed E-state index contributed by atoms with van der Waals surface area (Å²) in [7, 11) is 3.10. The highest BCUT2D eigenvalue weighted by Crippen LogP contribution is 2.41. The van der Waals surface area contributed by atoms with Crippen molar-refractivity contribution in [2.24, 2.45) is 10.7 Å². The number of halogens is 1. The number of nitrogens with zero attached hydrogens (tertiary/aromatic N) is 1. The zero-order valence-corrected chi connectivity index (χ0v) is 10.3. The van der Waals surface area contributed by atoms with Gasteiger partial charge in [0, 0.05) is 5.56 Å². The Balaban J connectivity index is 2.42. The molecule has 0 aromatic heterocycles. The minimum absolute atomic E-state index is 0.181. The van der Waals surface area contributed by atoms with Gasteiger partial charge in [-0.3, -0.25) is 0 Å². The molecule has 0 bridgehead atoms. The lowest BCUT2D eigenvalue weighted by Gasteiger charge is -2.14. The number of hydrogen-bond acceptors (Lipinski definition) is 5. The molecule has 2 rings (SSSR count). The molecule has 0 amide bonds. The van der Waals surface area contributed by atoms with Gasteiger partial charge in [-0.2, -0.15) is 0 Å². The van der Waals surface area contributed by atoms with Crippen molar-refractivity contribution in [2.45, 2.75) is 6.04 Å². The van der Waals surface area contributed by atoms with Crippen molar-refractivity contribution in [1.82, 2.24) is 0 Å². The molecule has 0 saturated heterocycles. The van der Waals surface area contributed by atoms with Crippen molar-refractivity contribution in [3.8, 4) is 11.5 Å². The van der Waals surface area contributed by atoms with E-state index in [1.54, 1.807) is 13.2 Å². The average molecular weight is 257 g/mol. The second kappa shape index (κ2) is 4.71. The van der Waals surface area contributed by atoms with Crippen LogP contribution in [0.5, 0.6) is 11.5 Å². The van der Waals surface area contributed by atoms with Crippen LogP contribution in [0.4, 0.5) is 0 Å². The molecular formula is C11H13ClN2O3. The minimum Gasteiger partial charge on any atom is -0.493 e. The van der Waals surface area contributed by atoms with Gasteiger partial charge >= 0.3 is 0 Å². The number of aliphatic imine (C=N–C) groups is 1. The molecule has 6 heteroatoms. The first-order valence-corrected chi connectivity index (χ1v) is 5.41. The van der Waals surface area contributed by atoms with E-state index in [4.69, 9.17) is 31.5 Å². The fourth-order valence-electron chi connectivity index (χ4n) is 1.71. The molecule has 1 aliphatic heterocycles. The van der Waals surface area contributed by atoms with E-state index in [0.717, 1.165) is 5.56 Å². The molecule has 0 saturated carbocycles. The van der Waals surface area contributed by atoms with Gasteiger partial charge in [0.1, 0.15) is 12.6 Å². The Morgan fingerprint density at radius 2 is 2.18 bits per heavy atom. The first-order chi connectivity index (χ1) is 8.17. The molecule has 1 aromatic carbocycles. The minimum atomic E-state index is -0.192. The van der Waals surface area contributed by atoms with Crippen LogP contribution in [0, 0.1) is 0 Å². The Bertz CT molecular complexity index is 462. The lowest BCUT2D eigenvalue weighted by molar-refractivity contribution is 0.314. The average Bonchev–Trinajstić information content (AvgIpc) is 2.75. The molecule has 92 valence electrons. The molecule has 0 aliphatic carbocycles. The molecular weight excluding hydrogens is 244 g/mol. The predicted molar refractivity (Wildman–Crippen MR) is 64.9 cm³/mol. The molecule has 1 aromatic rings. The second-order valence-electron chi connectivity index (χ2n) is 3.50. The maximum Gasteiger partial charge on any atom is 0.282 e. The third-order valence-corrected chi connectivity index (χ3v) is 2.94. The van der Waals surface area contributed by atoms with Crippen molar-refractivity contribution >= 4 is 17.6 Å². The van der Waals surface area contributed by atoms with Crippen LogP contribution in [-0.4, -0.2) is 26.8 Å². The molecule has 17 heavy (non-hydrogen) atoms. The molecule has 0 radical (unpaired) electrons. The van der Waals surface area contributed by atoms with Crippen LogP contribution in [0.3, 0.4) is 0 Å². The lowest BCUT2D eigenvalue weighted by atomic mass is 10.1. The van der Waals surface area contributed by atoms with Crippen molar-refractivity contribution in [3.63, 3.8) is 0 Å². The summed E-state index contributed by atoms with van der Waals surface area (Å²) >= 11 is 6.25. The first kappa shape index (κ1) is 11.9. The van der Waals surface area contributed by atoms with Crippen molar-refractivity contribution in [2.75, 3.05) is 20.8 Å². The van der Waals surface area contributed by atoms with Gasteiger partial charge in [-0.15, -0.1) is 0 Å². The second-order valence-corrected chi connectivity index (χ2v) is 3.88. The maximum absolute atomic E-state index is 6.25. The zero-order valence-electron chi connectivity index (χ0n) is 9.57. The summed E-state index contributed by atoms with van der Waals surface area (Å²) in [6.45, 7) is 0.390. The van der Waals surface area contributed by atoms with Gasteiger partial charge in [0.25, 0.3) is 6.02 Å². The van der Waals surface area contributed by atoms with Gasteiger partial charge in [0.2, 0.25) is 0 Å². The molecule has 2 N–H and O–H groups in total. The van der Waals surface area contributed by atoms with Crippen molar-refractivity contribution in [3.05, 3.63) is 22.7 Å². The van der Waals surface area contributed by atoms with E-state index in [-0.39, 0.29) is 12.1 Å². The lowest BCUT2D eigenvalue weighted by Crippen LogP contribution is -2.10. The van der Waals surface area contributed by atoms with E-state index in [1.807, 2.05) is 6.07 Å². The summed E-state index contributed by atoms with van der Waals surface area (Å²) in [5, 5.41) is 0.471. The Hall–Kier alpha value is -1.62. The van der Waals surface area contributed by atoms with E-state index < -0.39 is 0 Å². The van der Waals surface area contributed by atoms with Gasteiger partial charge in [-0.25, -0.2) is 4.99 Å². The highest BCUT2D eigenvalue weighted by molar-refractivity contribution is 6.33. The monoisotopic (exact) mass is 256 g/mol. The summed E-state index contributed by atoms with van der Waals surface area (Å²) in [6.07, 6.45) is 0. The molecule has 1 atom stereocenters. The largest absolute Gasteiger partial charge is 0.493 e. The van der Waals surface area contributed by atoms with Gasteiger partial charge < -0.3 is 19.9 Å². The molecule has 1 heterocycles. The van der Waals surface area contributed by atoms with Crippen LogP contribution in [-0.2, 0) is 4.74 Å². The van der Waals surface area contributed by atoms with Gasteiger partial charge in [0.05, 0.1) is 19.2 Å². The maximum atomic E-state index is 6.25. The zero-order chi connectivity index (χ0) is 12.4. The predicted octanol–water partition coefficient (Wildman–Crippen LogP) is 1.74. The molecule has 0 fully saturated rings. The Morgan fingerprint density at radius 1 is 1.41 bits per heavy atom. The molecule has 5 nitrogen and oxygen atoms in total. The van der Waals surface area contributed by atoms with Gasteiger partial charge in [0.15, 0.2) is 11.5 Å². The molecule has 1 aliphatic rings. The summed E-state index contributed by atoms with van der Waals surface area (Å²) in [5.41, 5.74) is 6.28. The number of nitrogens with two attached hydrogens (primary N) is 1. The van der Waals surface area contributed by atoms with Crippen molar-refractivity contribution < 1.29 is 14.2 Å². The van der Waals surface area contributed by atoms with Crippen LogP contribution in [0.1, 0.15) is 11.6 Å². The van der Waals surface area contributed by atoms with E-state index >= 15 is 0 Å². The van der Waals surface area contributed by atoms with E-state index in [1.165, 1.54) is 7.11 Å². The fourth-order valence-corrected chi connectivity index (χ4v) is 2.07. The van der Waals surface area contributed by atoms with Crippen LogP contribution >= 0.6 is 11.6 Å². The van der Waals surface area contributed by atoms with Crippen LogP contribution in [0.15, 0.2) is 17.1 Å². The normalized spacial score (nSPS) is 18.5. The topological polar surface area (TPSA) is 66.1 Å². The Morgan fingerprint density at radius 3 is 2.71 bits per heavy atom. The van der Waals surface area contributed by atoms with Gasteiger partial charge in [-0.1, -0.05) is 17.7 Å². The molecule has 0 spiro atoms. The number of methoxy groups -OCH3 is 2. The highest BCUT2D eigenvalue weighted by Gasteiger charge is 2.24. The van der Waals surface area contributed by atoms with Crippen LogP contribution < -0.4 is 15.2 Å². The number of amidine groups is 1. The third kappa shape index (κ3) is 2.10. The van der Waals surface area contributed by atoms with Crippen LogP contribution in [0.2, 0.25) is 5.02 Å². The quantitative estimate of drug-likeness (QED) is 0.895. The molecule has 1 unspecified atom stereocenters. The van der Waals surface area contributed by atoms with Gasteiger partial charge in [-0.05, 0) is 6.07 Å². The number of hydrogen-bond donors (Lipinski definition) is 1. The Labute approximate surface area is 104 Å². The number of benzene rings is 1. The van der Waals surface area contributed by atoms with E-state index in [9.17, 15) is 0 Å². The number of rotatable bonds is 3. The van der Waals surface area contributed by atoms with Crippen LogP contribution in [0.25, 0.3) is 0 Å². The standard InChI is InChI=1S/C11H13ClN2O3/c1-15-8-4-3-6(9(12)10(8)16-2)7-5-17-11(13)14-7/h3-4,7H,5H2,1-2H3,(H2,13,14). The smallest absolute Gasteiger partial charge is 0.282 e. The third-order valence-electron chi connectivity index (χ3n) is 2.55. The summed E-state index contributed by atoms with van der Waals surface area (Å²) in [6, 6.07) is 3.60.